The first-order valence-corrected chi connectivity index (χ1v) is 6.98. The van der Waals surface area contributed by atoms with Crippen molar-refractivity contribution in [3.63, 3.8) is 0 Å². The molecule has 0 aromatic heterocycles. The second-order valence-corrected chi connectivity index (χ2v) is 5.48. The molecule has 1 aromatic carbocycles. The molecule has 4 nitrogen and oxygen atoms in total. The number of carboxylic acids is 1. The van der Waals surface area contributed by atoms with Crippen LogP contribution >= 0.6 is 15.9 Å². The number of amides is 1. The van der Waals surface area contributed by atoms with Gasteiger partial charge in [-0.1, -0.05) is 13.0 Å². The highest BCUT2D eigenvalue weighted by atomic mass is 79.9. The average Bonchev–Trinajstić information content (AvgIpc) is 2.33. The summed E-state index contributed by atoms with van der Waals surface area (Å²) in [6, 6.07) is 5.54. The van der Waals surface area contributed by atoms with Crippen LogP contribution in [0.15, 0.2) is 22.7 Å². The van der Waals surface area contributed by atoms with E-state index in [2.05, 4.69) is 21.2 Å². The lowest BCUT2D eigenvalue weighted by atomic mass is 10.1. The summed E-state index contributed by atoms with van der Waals surface area (Å²) in [5, 5.41) is 11.5. The monoisotopic (exact) mass is 327 g/mol. The highest BCUT2D eigenvalue weighted by Gasteiger charge is 2.12. The lowest BCUT2D eigenvalue weighted by Gasteiger charge is -2.09. The summed E-state index contributed by atoms with van der Waals surface area (Å²) in [6.45, 7) is 4.11. The van der Waals surface area contributed by atoms with E-state index < -0.39 is 5.97 Å². The SMILES string of the molecule is Cc1ccc(C(=O)NCCCC(C)C(=O)O)c(Br)c1. The van der Waals surface area contributed by atoms with Crippen LogP contribution in [0.3, 0.4) is 0 Å². The Morgan fingerprint density at radius 2 is 2.11 bits per heavy atom. The number of carboxylic acid groups (broad SMARTS) is 1. The number of aryl methyl sites for hydroxylation is 1. The zero-order valence-electron chi connectivity index (χ0n) is 11.1. The minimum Gasteiger partial charge on any atom is -0.481 e. The summed E-state index contributed by atoms with van der Waals surface area (Å²) in [5.41, 5.74) is 1.68. The summed E-state index contributed by atoms with van der Waals surface area (Å²) in [4.78, 5) is 22.5. The zero-order valence-corrected chi connectivity index (χ0v) is 12.7. The number of carbonyl (C=O) groups is 2. The predicted octanol–water partition coefficient (Wildman–Crippen LogP) is 2.99. The Bertz CT molecular complexity index is 474. The van der Waals surface area contributed by atoms with Gasteiger partial charge in [0.25, 0.3) is 5.91 Å². The van der Waals surface area contributed by atoms with E-state index in [-0.39, 0.29) is 11.8 Å². The molecule has 0 radical (unpaired) electrons. The normalized spacial score (nSPS) is 11.9. The van der Waals surface area contributed by atoms with Crippen molar-refractivity contribution in [2.45, 2.75) is 26.7 Å². The number of aliphatic carboxylic acids is 1. The quantitative estimate of drug-likeness (QED) is 0.789. The molecule has 0 aliphatic rings. The van der Waals surface area contributed by atoms with E-state index in [1.54, 1.807) is 13.0 Å². The van der Waals surface area contributed by atoms with Gasteiger partial charge >= 0.3 is 5.97 Å². The van der Waals surface area contributed by atoms with Crippen LogP contribution in [0.25, 0.3) is 0 Å². The van der Waals surface area contributed by atoms with E-state index in [1.165, 1.54) is 0 Å². The van der Waals surface area contributed by atoms with Gasteiger partial charge in [-0.15, -0.1) is 0 Å². The molecule has 1 unspecified atom stereocenters. The molecule has 0 aliphatic heterocycles. The topological polar surface area (TPSA) is 66.4 Å². The van der Waals surface area contributed by atoms with Crippen LogP contribution in [0.4, 0.5) is 0 Å². The average molecular weight is 328 g/mol. The first kappa shape index (κ1) is 15.7. The number of rotatable bonds is 6. The summed E-state index contributed by atoms with van der Waals surface area (Å²) >= 11 is 3.36. The van der Waals surface area contributed by atoms with E-state index in [9.17, 15) is 9.59 Å². The van der Waals surface area contributed by atoms with Crippen LogP contribution in [0, 0.1) is 12.8 Å². The molecule has 2 N–H and O–H groups in total. The fourth-order valence-corrected chi connectivity index (χ4v) is 2.31. The van der Waals surface area contributed by atoms with Crippen LogP contribution in [-0.2, 0) is 4.79 Å². The lowest BCUT2D eigenvalue weighted by molar-refractivity contribution is -0.141. The minimum atomic E-state index is -0.799. The number of hydrogen-bond donors (Lipinski definition) is 2. The van der Waals surface area contributed by atoms with Crippen molar-refractivity contribution in [2.24, 2.45) is 5.92 Å². The molecule has 0 saturated heterocycles. The number of carbonyl (C=O) groups excluding carboxylic acids is 1. The fourth-order valence-electron chi connectivity index (χ4n) is 1.63. The largest absolute Gasteiger partial charge is 0.481 e. The van der Waals surface area contributed by atoms with Crippen molar-refractivity contribution in [3.05, 3.63) is 33.8 Å². The van der Waals surface area contributed by atoms with Crippen molar-refractivity contribution in [3.8, 4) is 0 Å². The third-order valence-electron chi connectivity index (χ3n) is 2.89. The van der Waals surface area contributed by atoms with Crippen molar-refractivity contribution in [1.82, 2.24) is 5.32 Å². The Balaban J connectivity index is 2.41. The van der Waals surface area contributed by atoms with Gasteiger partial charge in [0.15, 0.2) is 0 Å². The van der Waals surface area contributed by atoms with E-state index in [4.69, 9.17) is 5.11 Å². The molecular weight excluding hydrogens is 310 g/mol. The predicted molar refractivity (Wildman–Crippen MR) is 77.2 cm³/mol. The third kappa shape index (κ3) is 5.03. The van der Waals surface area contributed by atoms with E-state index in [0.717, 1.165) is 10.0 Å². The van der Waals surface area contributed by atoms with E-state index in [0.29, 0.717) is 24.9 Å². The molecule has 0 fully saturated rings. The van der Waals surface area contributed by atoms with Gasteiger partial charge in [-0.05, 0) is 53.4 Å². The summed E-state index contributed by atoms with van der Waals surface area (Å²) < 4.78 is 0.768. The first-order valence-electron chi connectivity index (χ1n) is 6.19. The Morgan fingerprint density at radius 3 is 2.68 bits per heavy atom. The minimum absolute atomic E-state index is 0.144. The number of nitrogens with one attached hydrogen (secondary N) is 1. The van der Waals surface area contributed by atoms with Gasteiger partial charge in [0.1, 0.15) is 0 Å². The number of benzene rings is 1. The highest BCUT2D eigenvalue weighted by molar-refractivity contribution is 9.10. The Kier molecular flexibility index (Phi) is 6.02. The second kappa shape index (κ2) is 7.28. The Morgan fingerprint density at radius 1 is 1.42 bits per heavy atom. The van der Waals surface area contributed by atoms with Gasteiger partial charge in [0.05, 0.1) is 11.5 Å². The molecule has 0 bridgehead atoms. The molecule has 1 aromatic rings. The maximum absolute atomic E-state index is 11.9. The van der Waals surface area contributed by atoms with Crippen LogP contribution in [0.5, 0.6) is 0 Å². The lowest BCUT2D eigenvalue weighted by Crippen LogP contribution is -2.25. The molecule has 1 rings (SSSR count). The summed E-state index contributed by atoms with van der Waals surface area (Å²) in [6.07, 6.45) is 1.22. The van der Waals surface area contributed by atoms with Crippen LogP contribution < -0.4 is 5.32 Å². The molecule has 5 heteroatoms. The molecule has 19 heavy (non-hydrogen) atoms. The van der Waals surface area contributed by atoms with E-state index >= 15 is 0 Å². The van der Waals surface area contributed by atoms with Gasteiger partial charge in [0.2, 0.25) is 0 Å². The van der Waals surface area contributed by atoms with Crippen LogP contribution in [-0.4, -0.2) is 23.5 Å². The van der Waals surface area contributed by atoms with Gasteiger partial charge in [-0.3, -0.25) is 9.59 Å². The zero-order chi connectivity index (χ0) is 14.4. The van der Waals surface area contributed by atoms with Gasteiger partial charge in [0, 0.05) is 11.0 Å². The molecule has 0 heterocycles. The molecule has 0 aliphatic carbocycles. The molecule has 1 amide bonds. The number of hydrogen-bond acceptors (Lipinski definition) is 2. The van der Waals surface area contributed by atoms with Crippen LogP contribution in [0.2, 0.25) is 0 Å². The smallest absolute Gasteiger partial charge is 0.306 e. The van der Waals surface area contributed by atoms with Gasteiger partial charge in [-0.25, -0.2) is 0 Å². The van der Waals surface area contributed by atoms with E-state index in [1.807, 2.05) is 19.1 Å². The van der Waals surface area contributed by atoms with Crippen molar-refractivity contribution in [1.29, 1.82) is 0 Å². The number of halogens is 1. The maximum atomic E-state index is 11.9. The third-order valence-corrected chi connectivity index (χ3v) is 3.55. The van der Waals surface area contributed by atoms with Crippen molar-refractivity contribution >= 4 is 27.8 Å². The highest BCUT2D eigenvalue weighted by Crippen LogP contribution is 2.18. The molecule has 0 spiro atoms. The summed E-state index contributed by atoms with van der Waals surface area (Å²) in [5.74, 6) is -1.31. The van der Waals surface area contributed by atoms with Gasteiger partial charge in [-0.2, -0.15) is 0 Å². The second-order valence-electron chi connectivity index (χ2n) is 4.62. The molecule has 1 atom stereocenters. The molecule has 0 saturated carbocycles. The van der Waals surface area contributed by atoms with Crippen molar-refractivity contribution < 1.29 is 14.7 Å². The Hall–Kier alpha value is -1.36. The first-order chi connectivity index (χ1) is 8.91. The summed E-state index contributed by atoms with van der Waals surface area (Å²) in [7, 11) is 0. The standard InChI is InChI=1S/C14H18BrNO3/c1-9-5-6-11(12(15)8-9)13(17)16-7-3-4-10(2)14(18)19/h5-6,8,10H,3-4,7H2,1-2H3,(H,16,17)(H,18,19). The molecular formula is C14H18BrNO3. The van der Waals surface area contributed by atoms with Crippen molar-refractivity contribution in [2.75, 3.05) is 6.54 Å². The van der Waals surface area contributed by atoms with Crippen LogP contribution in [0.1, 0.15) is 35.7 Å². The fraction of sp³-hybridized carbons (Fsp3) is 0.429. The Labute approximate surface area is 121 Å². The molecule has 104 valence electrons. The maximum Gasteiger partial charge on any atom is 0.306 e. The van der Waals surface area contributed by atoms with Gasteiger partial charge < -0.3 is 10.4 Å².